The van der Waals surface area contributed by atoms with Crippen LogP contribution in [0, 0.1) is 0 Å². The predicted molar refractivity (Wildman–Crippen MR) is 127 cm³/mol. The molecule has 8 heteroatoms. The number of benzene rings is 3. The third kappa shape index (κ3) is 6.57. The number of sulfonamides is 1. The van der Waals surface area contributed by atoms with Crippen LogP contribution in [0.2, 0.25) is 0 Å². The molecule has 0 saturated heterocycles. The summed E-state index contributed by atoms with van der Waals surface area (Å²) in [5.41, 5.74) is 1.73. The lowest BCUT2D eigenvalue weighted by molar-refractivity contribution is -0.123. The molecule has 7 nitrogen and oxygen atoms in total. The second kappa shape index (κ2) is 11.0. The van der Waals surface area contributed by atoms with Crippen LogP contribution < -0.4 is 19.5 Å². The van der Waals surface area contributed by atoms with Crippen molar-refractivity contribution >= 4 is 15.9 Å². The summed E-state index contributed by atoms with van der Waals surface area (Å²) >= 11 is 0. The molecule has 0 heterocycles. The first-order valence-corrected chi connectivity index (χ1v) is 12.0. The number of nitrogens with one attached hydrogen (secondary N) is 2. The summed E-state index contributed by atoms with van der Waals surface area (Å²) in [4.78, 5) is 12.4. The number of ether oxygens (including phenoxy) is 2. The van der Waals surface area contributed by atoms with Gasteiger partial charge in [-0.05, 0) is 49.7 Å². The zero-order chi connectivity index (χ0) is 23.8. The van der Waals surface area contributed by atoms with Gasteiger partial charge in [0.25, 0.3) is 5.91 Å². The van der Waals surface area contributed by atoms with Crippen LogP contribution in [0.25, 0.3) is 0 Å². The van der Waals surface area contributed by atoms with Gasteiger partial charge in [0.2, 0.25) is 10.0 Å². The maximum Gasteiger partial charge on any atom is 0.258 e. The second-order valence-electron chi connectivity index (χ2n) is 7.54. The SMILES string of the molecule is COc1ccccc1C(C)NC(=O)COc1ccc(S(=O)(=O)NC(C)c2ccccc2)cc1. The van der Waals surface area contributed by atoms with Crippen LogP contribution in [0.15, 0.2) is 83.8 Å². The molecule has 0 bridgehead atoms. The first-order valence-electron chi connectivity index (χ1n) is 10.5. The van der Waals surface area contributed by atoms with E-state index in [2.05, 4.69) is 10.0 Å². The van der Waals surface area contributed by atoms with Crippen molar-refractivity contribution in [1.82, 2.24) is 10.0 Å². The van der Waals surface area contributed by atoms with Gasteiger partial charge in [-0.3, -0.25) is 4.79 Å². The van der Waals surface area contributed by atoms with Crippen LogP contribution in [0.3, 0.4) is 0 Å². The Morgan fingerprint density at radius 3 is 2.18 bits per heavy atom. The predicted octanol–water partition coefficient (Wildman–Crippen LogP) is 3.99. The van der Waals surface area contributed by atoms with E-state index >= 15 is 0 Å². The Morgan fingerprint density at radius 2 is 1.52 bits per heavy atom. The Morgan fingerprint density at radius 1 is 0.879 bits per heavy atom. The largest absolute Gasteiger partial charge is 0.496 e. The van der Waals surface area contributed by atoms with Crippen molar-refractivity contribution in [3.63, 3.8) is 0 Å². The quantitative estimate of drug-likeness (QED) is 0.469. The van der Waals surface area contributed by atoms with E-state index in [-0.39, 0.29) is 29.5 Å². The topological polar surface area (TPSA) is 93.7 Å². The van der Waals surface area contributed by atoms with Crippen LogP contribution in [-0.4, -0.2) is 28.0 Å². The highest BCUT2D eigenvalue weighted by Gasteiger charge is 2.19. The van der Waals surface area contributed by atoms with Crippen LogP contribution in [0.5, 0.6) is 11.5 Å². The van der Waals surface area contributed by atoms with Crippen molar-refractivity contribution in [2.75, 3.05) is 13.7 Å². The summed E-state index contributed by atoms with van der Waals surface area (Å²) in [5.74, 6) is 0.784. The van der Waals surface area contributed by atoms with Gasteiger partial charge in [0.1, 0.15) is 11.5 Å². The normalized spacial score (nSPS) is 13.1. The van der Waals surface area contributed by atoms with Crippen molar-refractivity contribution in [2.45, 2.75) is 30.8 Å². The molecule has 0 aromatic heterocycles. The van der Waals surface area contributed by atoms with E-state index in [0.717, 1.165) is 11.1 Å². The van der Waals surface area contributed by atoms with Gasteiger partial charge in [-0.1, -0.05) is 48.5 Å². The number of amides is 1. The molecular weight excluding hydrogens is 440 g/mol. The molecule has 0 aliphatic carbocycles. The standard InChI is InChI=1S/C25H28N2O5S/c1-18(20-9-5-4-6-10-20)27-33(29,30)22-15-13-21(14-16-22)32-17-25(28)26-19(2)23-11-7-8-12-24(23)31-3/h4-16,18-19,27H,17H2,1-3H3,(H,26,28). The molecule has 174 valence electrons. The Bertz CT molecular complexity index is 1160. The third-order valence-corrected chi connectivity index (χ3v) is 6.68. The Kier molecular flexibility index (Phi) is 8.08. The van der Waals surface area contributed by atoms with E-state index in [1.165, 1.54) is 24.3 Å². The van der Waals surface area contributed by atoms with E-state index < -0.39 is 10.0 Å². The molecule has 0 aliphatic rings. The van der Waals surface area contributed by atoms with Crippen LogP contribution in [0.1, 0.15) is 37.1 Å². The van der Waals surface area contributed by atoms with E-state index in [1.807, 2.05) is 61.5 Å². The van der Waals surface area contributed by atoms with Crippen LogP contribution in [0.4, 0.5) is 0 Å². The number of rotatable bonds is 10. The molecule has 1 amide bonds. The molecular formula is C25H28N2O5S. The van der Waals surface area contributed by atoms with Crippen LogP contribution >= 0.6 is 0 Å². The summed E-state index contributed by atoms with van der Waals surface area (Å²) in [6.45, 7) is 3.45. The minimum Gasteiger partial charge on any atom is -0.496 e. The fourth-order valence-electron chi connectivity index (χ4n) is 3.36. The minimum absolute atomic E-state index is 0.117. The van der Waals surface area contributed by atoms with E-state index in [1.54, 1.807) is 14.0 Å². The zero-order valence-electron chi connectivity index (χ0n) is 18.8. The monoisotopic (exact) mass is 468 g/mol. The van der Waals surface area contributed by atoms with Gasteiger partial charge < -0.3 is 14.8 Å². The van der Waals surface area contributed by atoms with Gasteiger partial charge >= 0.3 is 0 Å². The molecule has 2 N–H and O–H groups in total. The van der Waals surface area contributed by atoms with E-state index in [4.69, 9.17) is 9.47 Å². The van der Waals surface area contributed by atoms with E-state index in [0.29, 0.717) is 11.5 Å². The van der Waals surface area contributed by atoms with Crippen molar-refractivity contribution < 1.29 is 22.7 Å². The van der Waals surface area contributed by atoms with Gasteiger partial charge in [0, 0.05) is 11.6 Å². The lowest BCUT2D eigenvalue weighted by atomic mass is 10.1. The smallest absolute Gasteiger partial charge is 0.258 e. The number of carbonyl (C=O) groups excluding carboxylic acids is 1. The highest BCUT2D eigenvalue weighted by molar-refractivity contribution is 7.89. The molecule has 2 unspecified atom stereocenters. The second-order valence-corrected chi connectivity index (χ2v) is 9.26. The molecule has 2 atom stereocenters. The lowest BCUT2D eigenvalue weighted by Crippen LogP contribution is -2.31. The van der Waals surface area contributed by atoms with Crippen molar-refractivity contribution in [3.8, 4) is 11.5 Å². The molecule has 0 aliphatic heterocycles. The fourth-order valence-corrected chi connectivity index (χ4v) is 4.59. The summed E-state index contributed by atoms with van der Waals surface area (Å²) in [6.07, 6.45) is 0. The number of methoxy groups -OCH3 is 1. The summed E-state index contributed by atoms with van der Waals surface area (Å²) in [6, 6.07) is 22.1. The van der Waals surface area contributed by atoms with Crippen molar-refractivity contribution in [2.24, 2.45) is 0 Å². The maximum absolute atomic E-state index is 12.7. The minimum atomic E-state index is -3.71. The summed E-state index contributed by atoms with van der Waals surface area (Å²) in [5, 5.41) is 2.86. The van der Waals surface area contributed by atoms with Crippen molar-refractivity contribution in [3.05, 3.63) is 90.0 Å². The van der Waals surface area contributed by atoms with Gasteiger partial charge in [-0.25, -0.2) is 13.1 Å². The van der Waals surface area contributed by atoms with Gasteiger partial charge in [-0.15, -0.1) is 0 Å². The average Bonchev–Trinajstić information content (AvgIpc) is 2.83. The number of hydrogen-bond acceptors (Lipinski definition) is 5. The first kappa shape index (κ1) is 24.3. The molecule has 0 spiro atoms. The molecule has 33 heavy (non-hydrogen) atoms. The average molecular weight is 469 g/mol. The van der Waals surface area contributed by atoms with Gasteiger partial charge in [-0.2, -0.15) is 0 Å². The Hall–Kier alpha value is -3.36. The molecule has 0 radical (unpaired) electrons. The molecule has 0 fully saturated rings. The van der Waals surface area contributed by atoms with Crippen molar-refractivity contribution in [1.29, 1.82) is 0 Å². The number of carbonyl (C=O) groups is 1. The van der Waals surface area contributed by atoms with Gasteiger partial charge in [0.05, 0.1) is 18.0 Å². The third-order valence-electron chi connectivity index (χ3n) is 5.12. The molecule has 0 saturated carbocycles. The molecule has 3 aromatic rings. The number of para-hydroxylation sites is 1. The molecule has 3 rings (SSSR count). The fraction of sp³-hybridized carbons (Fsp3) is 0.240. The summed E-state index contributed by atoms with van der Waals surface area (Å²) in [7, 11) is -2.12. The Labute approximate surface area is 194 Å². The highest BCUT2D eigenvalue weighted by Crippen LogP contribution is 2.24. The van der Waals surface area contributed by atoms with E-state index in [9.17, 15) is 13.2 Å². The Balaban J connectivity index is 1.55. The summed E-state index contributed by atoms with van der Waals surface area (Å²) < 4.78 is 38.9. The zero-order valence-corrected chi connectivity index (χ0v) is 19.6. The maximum atomic E-state index is 12.7. The number of hydrogen-bond donors (Lipinski definition) is 2. The van der Waals surface area contributed by atoms with Gasteiger partial charge in [0.15, 0.2) is 6.61 Å². The van der Waals surface area contributed by atoms with Crippen LogP contribution in [-0.2, 0) is 14.8 Å². The first-order chi connectivity index (χ1) is 15.8. The molecule has 3 aromatic carbocycles. The lowest BCUT2D eigenvalue weighted by Gasteiger charge is -2.17. The highest BCUT2D eigenvalue weighted by atomic mass is 32.2.